The number of rotatable bonds is 5. The van der Waals surface area contributed by atoms with E-state index in [1.165, 1.54) is 6.33 Å². The quantitative estimate of drug-likeness (QED) is 0.922. The number of para-hydroxylation sites is 1. The Kier molecular flexibility index (Phi) is 4.55. The Hall–Kier alpha value is -2.43. The first-order valence-corrected chi connectivity index (χ1v) is 8.00. The molecule has 0 saturated heterocycles. The SMILES string of the molecule is CC[C@@H](C)C(=O)NC[C@H]1Cc2cccc(-c3cncnc3)c2O1. The van der Waals surface area contributed by atoms with Gasteiger partial charge in [-0.1, -0.05) is 32.0 Å². The van der Waals surface area contributed by atoms with Crippen molar-refractivity contribution in [2.75, 3.05) is 6.54 Å². The average Bonchev–Trinajstić information content (AvgIpc) is 3.02. The van der Waals surface area contributed by atoms with E-state index in [2.05, 4.69) is 21.4 Å². The molecule has 0 saturated carbocycles. The Labute approximate surface area is 136 Å². The van der Waals surface area contributed by atoms with E-state index in [4.69, 9.17) is 4.74 Å². The molecule has 0 unspecified atom stereocenters. The summed E-state index contributed by atoms with van der Waals surface area (Å²) < 4.78 is 6.09. The molecule has 2 heterocycles. The molecule has 1 amide bonds. The van der Waals surface area contributed by atoms with Gasteiger partial charge in [-0.25, -0.2) is 9.97 Å². The molecule has 0 bridgehead atoms. The molecule has 1 aliphatic rings. The van der Waals surface area contributed by atoms with Crippen molar-refractivity contribution >= 4 is 5.91 Å². The number of nitrogens with zero attached hydrogens (tertiary/aromatic N) is 2. The highest BCUT2D eigenvalue weighted by molar-refractivity contribution is 5.78. The van der Waals surface area contributed by atoms with E-state index in [0.717, 1.165) is 35.3 Å². The lowest BCUT2D eigenvalue weighted by Gasteiger charge is -2.15. The molecule has 0 radical (unpaired) electrons. The number of ether oxygens (including phenoxy) is 1. The summed E-state index contributed by atoms with van der Waals surface area (Å²) in [5.41, 5.74) is 3.10. The summed E-state index contributed by atoms with van der Waals surface area (Å²) in [6.07, 6.45) is 6.70. The first kappa shape index (κ1) is 15.5. The van der Waals surface area contributed by atoms with Gasteiger partial charge >= 0.3 is 0 Å². The molecule has 0 fully saturated rings. The van der Waals surface area contributed by atoms with Crippen molar-refractivity contribution in [1.29, 1.82) is 0 Å². The van der Waals surface area contributed by atoms with Gasteiger partial charge in [0.25, 0.3) is 0 Å². The van der Waals surface area contributed by atoms with E-state index in [1.54, 1.807) is 12.4 Å². The monoisotopic (exact) mass is 311 g/mol. The molecule has 120 valence electrons. The fraction of sp³-hybridized carbons (Fsp3) is 0.389. The molecule has 0 aliphatic carbocycles. The summed E-state index contributed by atoms with van der Waals surface area (Å²) in [5, 5.41) is 2.98. The van der Waals surface area contributed by atoms with Crippen molar-refractivity contribution < 1.29 is 9.53 Å². The van der Waals surface area contributed by atoms with Gasteiger partial charge in [0.1, 0.15) is 18.2 Å². The minimum absolute atomic E-state index is 0.0243. The number of hydrogen-bond donors (Lipinski definition) is 1. The lowest BCUT2D eigenvalue weighted by Crippen LogP contribution is -2.37. The fourth-order valence-electron chi connectivity index (χ4n) is 2.69. The zero-order valence-corrected chi connectivity index (χ0v) is 13.5. The molecule has 3 rings (SSSR count). The van der Waals surface area contributed by atoms with Crippen molar-refractivity contribution in [3.63, 3.8) is 0 Å². The number of amides is 1. The second-order valence-electron chi connectivity index (χ2n) is 5.92. The van der Waals surface area contributed by atoms with Crippen LogP contribution in [0.15, 0.2) is 36.9 Å². The number of aromatic nitrogens is 2. The number of benzene rings is 1. The van der Waals surface area contributed by atoms with Crippen LogP contribution < -0.4 is 10.1 Å². The Balaban J connectivity index is 1.71. The minimum atomic E-state index is -0.0243. The number of hydrogen-bond acceptors (Lipinski definition) is 4. The van der Waals surface area contributed by atoms with Crippen molar-refractivity contribution in [3.05, 3.63) is 42.5 Å². The van der Waals surface area contributed by atoms with Crippen LogP contribution in [0.2, 0.25) is 0 Å². The standard InChI is InChI=1S/C18H21N3O2/c1-3-12(2)18(22)21-10-15-7-13-5-4-6-16(17(13)23-15)14-8-19-11-20-9-14/h4-6,8-9,11-12,15H,3,7,10H2,1-2H3,(H,21,22)/t12-,15-/m1/s1. The third-order valence-corrected chi connectivity index (χ3v) is 4.26. The maximum Gasteiger partial charge on any atom is 0.222 e. The minimum Gasteiger partial charge on any atom is -0.487 e. The van der Waals surface area contributed by atoms with Crippen LogP contribution in [-0.4, -0.2) is 28.5 Å². The fourth-order valence-corrected chi connectivity index (χ4v) is 2.69. The smallest absolute Gasteiger partial charge is 0.222 e. The van der Waals surface area contributed by atoms with Gasteiger partial charge in [-0.05, 0) is 12.0 Å². The summed E-state index contributed by atoms with van der Waals surface area (Å²) in [4.78, 5) is 20.0. The van der Waals surface area contributed by atoms with Crippen molar-refractivity contribution in [2.45, 2.75) is 32.8 Å². The van der Waals surface area contributed by atoms with Crippen LogP contribution in [0.4, 0.5) is 0 Å². The zero-order valence-electron chi connectivity index (χ0n) is 13.5. The predicted octanol–water partition coefficient (Wildman–Crippen LogP) is 2.61. The number of nitrogens with one attached hydrogen (secondary N) is 1. The summed E-state index contributed by atoms with van der Waals surface area (Å²) >= 11 is 0. The molecule has 1 aromatic carbocycles. The largest absolute Gasteiger partial charge is 0.487 e. The van der Waals surface area contributed by atoms with Gasteiger partial charge in [0.2, 0.25) is 5.91 Å². The van der Waals surface area contributed by atoms with Crippen molar-refractivity contribution in [3.8, 4) is 16.9 Å². The lowest BCUT2D eigenvalue weighted by molar-refractivity contribution is -0.124. The second-order valence-corrected chi connectivity index (χ2v) is 5.92. The molecule has 23 heavy (non-hydrogen) atoms. The van der Waals surface area contributed by atoms with E-state index >= 15 is 0 Å². The van der Waals surface area contributed by atoms with E-state index < -0.39 is 0 Å². The first-order valence-electron chi connectivity index (χ1n) is 8.00. The second kappa shape index (κ2) is 6.77. The lowest BCUT2D eigenvalue weighted by atomic mass is 10.0. The normalized spacial score (nSPS) is 17.2. The predicted molar refractivity (Wildman–Crippen MR) is 88.1 cm³/mol. The Bertz CT molecular complexity index is 688. The van der Waals surface area contributed by atoms with Gasteiger partial charge in [-0.2, -0.15) is 0 Å². The molecule has 5 nitrogen and oxygen atoms in total. The highest BCUT2D eigenvalue weighted by Gasteiger charge is 2.26. The summed E-state index contributed by atoms with van der Waals surface area (Å²) in [5.74, 6) is 1.00. The summed E-state index contributed by atoms with van der Waals surface area (Å²) in [6, 6.07) is 6.10. The van der Waals surface area contributed by atoms with Gasteiger partial charge in [-0.3, -0.25) is 4.79 Å². The third kappa shape index (κ3) is 3.33. The maximum absolute atomic E-state index is 11.9. The Morgan fingerprint density at radius 3 is 2.91 bits per heavy atom. The maximum atomic E-state index is 11.9. The van der Waals surface area contributed by atoms with Gasteiger partial charge in [0.05, 0.1) is 6.54 Å². The summed E-state index contributed by atoms with van der Waals surface area (Å²) in [6.45, 7) is 4.48. The van der Waals surface area contributed by atoms with Crippen molar-refractivity contribution in [1.82, 2.24) is 15.3 Å². The van der Waals surface area contributed by atoms with Crippen LogP contribution in [0, 0.1) is 5.92 Å². The molecule has 1 aliphatic heterocycles. The van der Waals surface area contributed by atoms with Gasteiger partial charge in [0, 0.05) is 35.9 Å². The van der Waals surface area contributed by atoms with E-state index in [9.17, 15) is 4.79 Å². The average molecular weight is 311 g/mol. The van der Waals surface area contributed by atoms with Gasteiger partial charge < -0.3 is 10.1 Å². The summed E-state index contributed by atoms with van der Waals surface area (Å²) in [7, 11) is 0. The molecule has 1 N–H and O–H groups in total. The van der Waals surface area contributed by atoms with Crippen molar-refractivity contribution in [2.24, 2.45) is 5.92 Å². The Morgan fingerprint density at radius 1 is 1.39 bits per heavy atom. The molecular weight excluding hydrogens is 290 g/mol. The van der Waals surface area contributed by atoms with Crippen LogP contribution in [0.5, 0.6) is 5.75 Å². The van der Waals surface area contributed by atoms with Gasteiger partial charge in [0.15, 0.2) is 0 Å². The highest BCUT2D eigenvalue weighted by atomic mass is 16.5. The Morgan fingerprint density at radius 2 is 2.17 bits per heavy atom. The molecule has 2 atom stereocenters. The topological polar surface area (TPSA) is 64.1 Å². The van der Waals surface area contributed by atoms with Gasteiger partial charge in [-0.15, -0.1) is 0 Å². The van der Waals surface area contributed by atoms with E-state index in [0.29, 0.717) is 6.54 Å². The number of carbonyl (C=O) groups is 1. The molecular formula is C18H21N3O2. The van der Waals surface area contributed by atoms with Crippen LogP contribution >= 0.6 is 0 Å². The number of fused-ring (bicyclic) bond motifs is 1. The zero-order chi connectivity index (χ0) is 16.2. The van der Waals surface area contributed by atoms with Crippen LogP contribution in [0.3, 0.4) is 0 Å². The number of carbonyl (C=O) groups excluding carboxylic acids is 1. The van der Waals surface area contributed by atoms with Crippen LogP contribution in [-0.2, 0) is 11.2 Å². The molecule has 5 heteroatoms. The van der Waals surface area contributed by atoms with E-state index in [1.807, 2.05) is 26.0 Å². The molecule has 1 aromatic heterocycles. The van der Waals surface area contributed by atoms with E-state index in [-0.39, 0.29) is 17.9 Å². The van der Waals surface area contributed by atoms with Crippen LogP contribution in [0.1, 0.15) is 25.8 Å². The highest BCUT2D eigenvalue weighted by Crippen LogP contribution is 2.38. The van der Waals surface area contributed by atoms with Crippen LogP contribution in [0.25, 0.3) is 11.1 Å². The molecule has 0 spiro atoms. The first-order chi connectivity index (χ1) is 11.2. The third-order valence-electron chi connectivity index (χ3n) is 4.26. The molecule has 2 aromatic rings.